The molecule has 4 heterocycles. The Labute approximate surface area is 206 Å². The predicted molar refractivity (Wildman–Crippen MR) is 114 cm³/mol. The van der Waals surface area contributed by atoms with Gasteiger partial charge in [0.1, 0.15) is 30.5 Å². The van der Waals surface area contributed by atoms with Crippen molar-refractivity contribution < 1.29 is 62.5 Å². The second kappa shape index (κ2) is 10.2. The molecule has 37 heavy (non-hydrogen) atoms. The van der Waals surface area contributed by atoms with E-state index in [1.165, 1.54) is 6.92 Å². The van der Waals surface area contributed by atoms with Crippen LogP contribution in [0.15, 0.2) is 11.1 Å². The monoisotopic (exact) mass is 569 g/mol. The number of aliphatic hydroxyl groups is 3. The molecule has 0 bridgehead atoms. The number of rotatable bonds is 8. The van der Waals surface area contributed by atoms with E-state index in [2.05, 4.69) is 28.3 Å². The number of aromatic nitrogens is 4. The Bertz CT molecular complexity index is 1330. The van der Waals surface area contributed by atoms with Crippen molar-refractivity contribution in [2.75, 3.05) is 12.3 Å². The maximum Gasteiger partial charge on any atom is 0.280 e. The third kappa shape index (κ3) is 5.98. The van der Waals surface area contributed by atoms with Crippen LogP contribution < -0.4 is 26.5 Å². The molecule has 0 aliphatic carbocycles. The first-order valence-corrected chi connectivity index (χ1v) is 13.4. The van der Waals surface area contributed by atoms with Crippen molar-refractivity contribution in [2.45, 2.75) is 56.4 Å². The number of nitrogens with one attached hydrogen (secondary N) is 1. The van der Waals surface area contributed by atoms with Gasteiger partial charge >= 0.3 is 0 Å². The molecule has 0 spiro atoms. The van der Waals surface area contributed by atoms with Gasteiger partial charge in [-0.05, 0) is 6.92 Å². The summed E-state index contributed by atoms with van der Waals surface area (Å²) in [4.78, 5) is 46.1. The molecule has 2 aliphatic heterocycles. The van der Waals surface area contributed by atoms with Gasteiger partial charge < -0.3 is 44.8 Å². The van der Waals surface area contributed by atoms with E-state index in [0.717, 1.165) is 10.9 Å². The molecule has 2 aromatic heterocycles. The smallest absolute Gasteiger partial charge is 0.280 e. The maximum absolute atomic E-state index is 12.1. The summed E-state index contributed by atoms with van der Waals surface area (Å²) in [5.74, 6) is -0.261. The molecule has 19 nitrogen and oxygen atoms in total. The van der Waals surface area contributed by atoms with Crippen LogP contribution in [0.3, 0.4) is 0 Å². The molecule has 206 valence electrons. The van der Waals surface area contributed by atoms with Gasteiger partial charge in [-0.3, -0.25) is 33.4 Å². The highest BCUT2D eigenvalue weighted by atomic mass is 31.3. The molecule has 9 atom stereocenters. The minimum Gasteiger partial charge on any atom is -0.756 e. The fourth-order valence-corrected chi connectivity index (χ4v) is 5.76. The zero-order valence-corrected chi connectivity index (χ0v) is 20.6. The molecule has 8 N–H and O–H groups in total. The molecule has 2 fully saturated rings. The summed E-state index contributed by atoms with van der Waals surface area (Å²) in [7, 11) is -11.3. The third-order valence-electron chi connectivity index (χ3n) is 5.51. The lowest BCUT2D eigenvalue weighted by Crippen LogP contribution is -2.55. The molecule has 0 amide bonds. The van der Waals surface area contributed by atoms with Crippen LogP contribution in [0, 0.1) is 0 Å². The van der Waals surface area contributed by atoms with Crippen molar-refractivity contribution in [1.82, 2.24) is 19.5 Å². The first-order valence-electron chi connectivity index (χ1n) is 10.5. The Morgan fingerprint density at radius 1 is 1.27 bits per heavy atom. The summed E-state index contributed by atoms with van der Waals surface area (Å²) in [5.41, 5.74) is 4.82. The number of H-pyrrole nitrogens is 1. The van der Waals surface area contributed by atoms with Crippen molar-refractivity contribution in [3.63, 3.8) is 0 Å². The summed E-state index contributed by atoms with van der Waals surface area (Å²) in [6, 6.07) is 0. The van der Waals surface area contributed by atoms with Crippen molar-refractivity contribution >= 4 is 38.5 Å². The van der Waals surface area contributed by atoms with Gasteiger partial charge in [-0.25, -0.2) is 9.29 Å². The number of fused-ring (bicyclic) bond motifs is 1. The highest BCUT2D eigenvalue weighted by Crippen LogP contribution is 2.56. The van der Waals surface area contributed by atoms with Crippen LogP contribution in [-0.2, 0) is 32.0 Å². The Balaban J connectivity index is 1.39. The van der Waals surface area contributed by atoms with Crippen LogP contribution >= 0.6 is 15.6 Å². The van der Waals surface area contributed by atoms with Crippen LogP contribution in [0.2, 0.25) is 0 Å². The van der Waals surface area contributed by atoms with Gasteiger partial charge in [-0.2, -0.15) is 4.98 Å². The molecule has 0 radical (unpaired) electrons. The van der Waals surface area contributed by atoms with E-state index in [0.29, 0.717) is 0 Å². The number of anilines is 1. The van der Waals surface area contributed by atoms with E-state index in [9.17, 15) is 39.0 Å². The van der Waals surface area contributed by atoms with Crippen LogP contribution in [-0.4, -0.2) is 84.0 Å². The van der Waals surface area contributed by atoms with Gasteiger partial charge in [-0.1, -0.05) is 0 Å². The number of imidazole rings is 1. The average Bonchev–Trinajstić information content (AvgIpc) is 3.31. The standard InChI is InChI=1S/C16H24N6O13P2/c1-5-6(17)2-7(23)15(32-5)34-37(29,30)35-36(27,28)31-3-8-10(24)11(25)14(33-8)22-4-19-9-12(22)20-16(18)21-13(9)26/h4-5,7-8,10-11,14-15,17,23-25H,2-3H2,1H3,(H,27,28)(H,29,30)(H3,18,20,21,26)/p-1/t5-,7+,8-,10-,11-,14-,15-/m1/s1. The van der Waals surface area contributed by atoms with E-state index in [-0.39, 0.29) is 29.2 Å². The fraction of sp³-hybridized carbons (Fsp3) is 0.625. The second-order valence-electron chi connectivity index (χ2n) is 8.19. The van der Waals surface area contributed by atoms with E-state index in [4.69, 9.17) is 20.6 Å². The van der Waals surface area contributed by atoms with Gasteiger partial charge in [0, 0.05) is 0 Å². The van der Waals surface area contributed by atoms with Crippen LogP contribution in [0.5, 0.6) is 0 Å². The first-order chi connectivity index (χ1) is 17.2. The Morgan fingerprint density at radius 2 is 1.97 bits per heavy atom. The van der Waals surface area contributed by atoms with E-state index in [1.54, 1.807) is 0 Å². The van der Waals surface area contributed by atoms with Crippen molar-refractivity contribution in [3.05, 3.63) is 16.7 Å². The molecule has 0 saturated carbocycles. The normalized spacial score (nSPS) is 33.9. The minimum absolute atomic E-state index is 0.0952. The number of ether oxygens (including phenoxy) is 2. The van der Waals surface area contributed by atoms with Crippen LogP contribution in [0.25, 0.3) is 11.2 Å². The zero-order valence-electron chi connectivity index (χ0n) is 18.8. The SMILES string of the molecule is C[C@H]1O[C@H](OP(=O)([O-])OP(=O)([O-])OC[C@H]2O[C@@H](n3cnc4c(=O)[nH]c(N)nc43)[C@H](O)[C@@H]2O)[C@@H](O)CC1=[NH2+]. The number of phosphoric acid groups is 2. The van der Waals surface area contributed by atoms with Gasteiger partial charge in [0.15, 0.2) is 29.4 Å². The Kier molecular flexibility index (Phi) is 7.70. The van der Waals surface area contributed by atoms with Crippen molar-refractivity contribution in [3.8, 4) is 0 Å². The molecule has 2 saturated heterocycles. The lowest BCUT2D eigenvalue weighted by atomic mass is 10.1. The number of nitrogen functional groups attached to an aromatic ring is 1. The number of hydrogen-bond donors (Lipinski definition) is 6. The summed E-state index contributed by atoms with van der Waals surface area (Å²) in [5, 5.41) is 36.2. The van der Waals surface area contributed by atoms with Gasteiger partial charge in [-0.15, -0.1) is 0 Å². The number of phosphoric ester groups is 2. The number of hydrogen-bond acceptors (Lipinski definition) is 16. The average molecular weight is 569 g/mol. The lowest BCUT2D eigenvalue weighted by molar-refractivity contribution is -0.269. The molecule has 0 aromatic carbocycles. The second-order valence-corrected chi connectivity index (χ2v) is 11.1. The van der Waals surface area contributed by atoms with Gasteiger partial charge in [0.05, 0.1) is 19.4 Å². The molecule has 21 heteroatoms. The summed E-state index contributed by atoms with van der Waals surface area (Å²) in [6.45, 7) is 0.462. The number of nitrogens with zero attached hydrogens (tertiary/aromatic N) is 3. The minimum atomic E-state index is -5.65. The maximum atomic E-state index is 12.1. The predicted octanol–water partition coefficient (Wildman–Crippen LogP) is -5.00. The highest BCUT2D eigenvalue weighted by molar-refractivity contribution is 7.59. The molecule has 2 aliphatic rings. The van der Waals surface area contributed by atoms with Gasteiger partial charge in [0.2, 0.25) is 5.95 Å². The largest absolute Gasteiger partial charge is 0.756 e. The number of nitrogens with two attached hydrogens (primary N) is 2. The van der Waals surface area contributed by atoms with Crippen molar-refractivity contribution in [2.24, 2.45) is 0 Å². The molecule has 2 aromatic rings. The van der Waals surface area contributed by atoms with Crippen molar-refractivity contribution in [1.29, 1.82) is 0 Å². The number of aliphatic hydroxyl groups excluding tert-OH is 3. The third-order valence-corrected chi connectivity index (χ3v) is 8.04. The van der Waals surface area contributed by atoms with Crippen LogP contribution in [0.4, 0.5) is 5.95 Å². The first kappa shape index (κ1) is 27.9. The van der Waals surface area contributed by atoms with Crippen LogP contribution in [0.1, 0.15) is 19.6 Å². The fourth-order valence-electron chi connectivity index (χ4n) is 3.66. The summed E-state index contributed by atoms with van der Waals surface area (Å²) >= 11 is 0. The summed E-state index contributed by atoms with van der Waals surface area (Å²) in [6.07, 6.45) is -9.51. The van der Waals surface area contributed by atoms with E-state index in [1.807, 2.05) is 0 Å². The topological polar surface area (TPSA) is 302 Å². The molecular formula is C16H23N6O13P2-. The summed E-state index contributed by atoms with van der Waals surface area (Å²) < 4.78 is 48.8. The highest BCUT2D eigenvalue weighted by Gasteiger charge is 2.45. The lowest BCUT2D eigenvalue weighted by Gasteiger charge is -2.36. The molecule has 4 rings (SSSR count). The van der Waals surface area contributed by atoms with Gasteiger partial charge in [0.25, 0.3) is 21.2 Å². The Morgan fingerprint density at radius 3 is 2.68 bits per heavy atom. The molecule has 2 unspecified atom stereocenters. The zero-order chi connectivity index (χ0) is 27.3. The molecular weight excluding hydrogens is 546 g/mol. The Hall–Kier alpha value is -2.12. The van der Waals surface area contributed by atoms with E-state index < -0.39 is 70.8 Å². The number of aromatic amines is 1. The quantitative estimate of drug-likeness (QED) is 0.162. The van der Waals surface area contributed by atoms with E-state index >= 15 is 0 Å².